The molecule has 1 saturated carbocycles. The highest BCUT2D eigenvalue weighted by atomic mass is 15.1. The number of rotatable bonds is 2. The lowest BCUT2D eigenvalue weighted by molar-refractivity contribution is 0.457. The standard InChI is InChI=1S/C17H29N3/c1-2-4-6-9-14(10-7-5-3-1)16-13-17(20-19-16)15-11-8-12-18-15/h13-15,18H,1-12H2,(H,19,20)/t15-/m0/s1. The van der Waals surface area contributed by atoms with E-state index in [1.54, 1.807) is 0 Å². The van der Waals surface area contributed by atoms with E-state index in [-0.39, 0.29) is 0 Å². The lowest BCUT2D eigenvalue weighted by atomic mass is 9.90. The average molecular weight is 275 g/mol. The Morgan fingerprint density at radius 2 is 1.55 bits per heavy atom. The number of H-pyrrole nitrogens is 1. The van der Waals surface area contributed by atoms with Crippen LogP contribution in [0.15, 0.2) is 6.07 Å². The predicted octanol–water partition coefficient (Wildman–Crippen LogP) is 4.44. The monoisotopic (exact) mass is 275 g/mol. The molecule has 112 valence electrons. The molecular formula is C17H29N3. The van der Waals surface area contributed by atoms with E-state index >= 15 is 0 Å². The van der Waals surface area contributed by atoms with Crippen LogP contribution in [0.25, 0.3) is 0 Å². The van der Waals surface area contributed by atoms with Gasteiger partial charge in [-0.2, -0.15) is 5.10 Å². The molecule has 0 spiro atoms. The third-order valence-corrected chi connectivity index (χ3v) is 5.08. The molecule has 1 aromatic rings. The molecule has 2 aliphatic rings. The van der Waals surface area contributed by atoms with Crippen LogP contribution in [0.2, 0.25) is 0 Å². The van der Waals surface area contributed by atoms with Crippen LogP contribution in [0.1, 0.15) is 94.0 Å². The Kier molecular flexibility index (Phi) is 5.12. The second-order valence-electron chi connectivity index (χ2n) is 6.65. The van der Waals surface area contributed by atoms with E-state index in [2.05, 4.69) is 21.6 Å². The third-order valence-electron chi connectivity index (χ3n) is 5.08. The summed E-state index contributed by atoms with van der Waals surface area (Å²) >= 11 is 0. The second kappa shape index (κ2) is 7.26. The molecule has 3 heteroatoms. The summed E-state index contributed by atoms with van der Waals surface area (Å²) in [6.07, 6.45) is 15.1. The van der Waals surface area contributed by atoms with Crippen molar-refractivity contribution in [3.63, 3.8) is 0 Å². The van der Waals surface area contributed by atoms with Gasteiger partial charge in [-0.25, -0.2) is 0 Å². The maximum Gasteiger partial charge on any atom is 0.0656 e. The van der Waals surface area contributed by atoms with Gasteiger partial charge in [0.25, 0.3) is 0 Å². The van der Waals surface area contributed by atoms with Gasteiger partial charge >= 0.3 is 0 Å². The van der Waals surface area contributed by atoms with Crippen molar-refractivity contribution >= 4 is 0 Å². The van der Waals surface area contributed by atoms with E-state index in [9.17, 15) is 0 Å². The normalized spacial score (nSPS) is 26.7. The fourth-order valence-electron chi connectivity index (χ4n) is 3.80. The summed E-state index contributed by atoms with van der Waals surface area (Å²) in [6.45, 7) is 1.16. The second-order valence-corrected chi connectivity index (χ2v) is 6.65. The highest BCUT2D eigenvalue weighted by Crippen LogP contribution is 2.31. The highest BCUT2D eigenvalue weighted by Gasteiger charge is 2.21. The van der Waals surface area contributed by atoms with E-state index in [1.807, 2.05) is 0 Å². The maximum atomic E-state index is 4.65. The van der Waals surface area contributed by atoms with Gasteiger partial charge in [0.2, 0.25) is 0 Å². The summed E-state index contributed by atoms with van der Waals surface area (Å²) < 4.78 is 0. The molecule has 0 radical (unpaired) electrons. The number of aromatic nitrogens is 2. The van der Waals surface area contributed by atoms with Crippen molar-refractivity contribution in [2.75, 3.05) is 6.54 Å². The Bertz CT molecular complexity index is 383. The van der Waals surface area contributed by atoms with Crippen LogP contribution < -0.4 is 5.32 Å². The third kappa shape index (κ3) is 3.63. The molecule has 1 aromatic heterocycles. The fourth-order valence-corrected chi connectivity index (χ4v) is 3.80. The highest BCUT2D eigenvalue weighted by molar-refractivity contribution is 5.17. The first kappa shape index (κ1) is 14.1. The first-order valence-corrected chi connectivity index (χ1v) is 8.72. The van der Waals surface area contributed by atoms with Crippen molar-refractivity contribution in [3.05, 3.63) is 17.5 Å². The smallest absolute Gasteiger partial charge is 0.0656 e. The van der Waals surface area contributed by atoms with Crippen molar-refractivity contribution in [1.82, 2.24) is 15.5 Å². The van der Waals surface area contributed by atoms with Crippen LogP contribution in [0, 0.1) is 0 Å². The molecule has 0 amide bonds. The van der Waals surface area contributed by atoms with Gasteiger partial charge < -0.3 is 5.32 Å². The summed E-state index contributed by atoms with van der Waals surface area (Å²) in [6, 6.07) is 2.87. The zero-order valence-corrected chi connectivity index (χ0v) is 12.7. The van der Waals surface area contributed by atoms with Crippen molar-refractivity contribution in [2.45, 2.75) is 82.6 Å². The van der Waals surface area contributed by atoms with Crippen LogP contribution in [0.5, 0.6) is 0 Å². The lowest BCUT2D eigenvalue weighted by Gasteiger charge is -2.16. The van der Waals surface area contributed by atoms with Crippen molar-refractivity contribution in [1.29, 1.82) is 0 Å². The van der Waals surface area contributed by atoms with Crippen molar-refractivity contribution in [2.24, 2.45) is 0 Å². The SMILES string of the molecule is c1c(C2CCCCCCCCC2)n[nH]c1[C@@H]1CCCN1. The van der Waals surface area contributed by atoms with Gasteiger partial charge in [0.15, 0.2) is 0 Å². The molecule has 2 N–H and O–H groups in total. The van der Waals surface area contributed by atoms with Gasteiger partial charge in [0, 0.05) is 12.0 Å². The first-order valence-electron chi connectivity index (χ1n) is 8.72. The Labute approximate surface area is 122 Å². The van der Waals surface area contributed by atoms with Crippen LogP contribution in [0.4, 0.5) is 0 Å². The van der Waals surface area contributed by atoms with E-state index < -0.39 is 0 Å². The number of hydrogen-bond donors (Lipinski definition) is 2. The maximum absolute atomic E-state index is 4.65. The molecule has 2 fully saturated rings. The minimum absolute atomic E-state index is 0.524. The molecule has 0 bridgehead atoms. The molecule has 0 aromatic carbocycles. The first-order chi connectivity index (χ1) is 9.93. The molecule has 1 aliphatic carbocycles. The fraction of sp³-hybridized carbons (Fsp3) is 0.824. The summed E-state index contributed by atoms with van der Waals surface area (Å²) in [5.41, 5.74) is 2.64. The van der Waals surface area contributed by atoms with Gasteiger partial charge in [0.1, 0.15) is 0 Å². The molecule has 1 aliphatic heterocycles. The number of nitrogens with one attached hydrogen (secondary N) is 2. The zero-order chi connectivity index (χ0) is 13.6. The number of hydrogen-bond acceptors (Lipinski definition) is 2. The van der Waals surface area contributed by atoms with Gasteiger partial charge in [-0.1, -0.05) is 44.9 Å². The Hall–Kier alpha value is -0.830. The summed E-state index contributed by atoms with van der Waals surface area (Å²) in [7, 11) is 0. The van der Waals surface area contributed by atoms with Crippen LogP contribution in [-0.4, -0.2) is 16.7 Å². The molecule has 20 heavy (non-hydrogen) atoms. The van der Waals surface area contributed by atoms with Crippen molar-refractivity contribution in [3.8, 4) is 0 Å². The minimum Gasteiger partial charge on any atom is -0.309 e. The molecule has 1 saturated heterocycles. The van der Waals surface area contributed by atoms with E-state index in [0.717, 1.165) is 6.54 Å². The molecule has 2 heterocycles. The van der Waals surface area contributed by atoms with E-state index in [0.29, 0.717) is 12.0 Å². The average Bonchev–Trinajstić information content (AvgIpc) is 3.15. The lowest BCUT2D eigenvalue weighted by Crippen LogP contribution is -2.13. The Balaban J connectivity index is 1.62. The number of aromatic amines is 1. The topological polar surface area (TPSA) is 40.7 Å². The van der Waals surface area contributed by atoms with Crippen LogP contribution in [0.3, 0.4) is 0 Å². The van der Waals surface area contributed by atoms with Crippen LogP contribution in [-0.2, 0) is 0 Å². The van der Waals surface area contributed by atoms with Gasteiger partial charge in [0.05, 0.1) is 11.4 Å². The van der Waals surface area contributed by atoms with Crippen molar-refractivity contribution < 1.29 is 0 Å². The van der Waals surface area contributed by atoms with E-state index in [1.165, 1.54) is 82.0 Å². The molecule has 1 atom stereocenters. The summed E-state index contributed by atoms with van der Waals surface area (Å²) in [4.78, 5) is 0. The van der Waals surface area contributed by atoms with Gasteiger partial charge in [-0.05, 0) is 38.3 Å². The minimum atomic E-state index is 0.524. The Morgan fingerprint density at radius 1 is 0.850 bits per heavy atom. The summed E-state index contributed by atoms with van der Waals surface area (Å²) in [5, 5.41) is 11.5. The zero-order valence-electron chi connectivity index (χ0n) is 12.7. The molecular weight excluding hydrogens is 246 g/mol. The van der Waals surface area contributed by atoms with Gasteiger partial charge in [-0.15, -0.1) is 0 Å². The molecule has 0 unspecified atom stereocenters. The molecule has 3 nitrogen and oxygen atoms in total. The molecule has 3 rings (SSSR count). The quantitative estimate of drug-likeness (QED) is 0.837. The van der Waals surface area contributed by atoms with Gasteiger partial charge in [-0.3, -0.25) is 5.10 Å². The summed E-state index contributed by atoms with van der Waals surface area (Å²) in [5.74, 6) is 0.694. The van der Waals surface area contributed by atoms with Crippen LogP contribution >= 0.6 is 0 Å². The number of nitrogens with zero attached hydrogens (tertiary/aromatic N) is 1. The largest absolute Gasteiger partial charge is 0.309 e. The predicted molar refractivity (Wildman–Crippen MR) is 82.9 cm³/mol. The van der Waals surface area contributed by atoms with E-state index in [4.69, 9.17) is 0 Å². The Morgan fingerprint density at radius 3 is 2.20 bits per heavy atom.